The first-order valence-corrected chi connectivity index (χ1v) is 24.0. The zero-order chi connectivity index (χ0) is 43.6. The highest BCUT2D eigenvalue weighted by Gasteiger charge is 2.45. The summed E-state index contributed by atoms with van der Waals surface area (Å²) >= 11 is 0. The lowest BCUT2D eigenvalue weighted by Crippen LogP contribution is -2.34. The van der Waals surface area contributed by atoms with Gasteiger partial charge in [-0.2, -0.15) is 29.8 Å². The number of carbonyl (C=O) groups is 1. The standard InChI is InChI=1S/C41H53N3O12S3/c1-28-11-15-34-32(25-28)40(2,3)36(43(34)20-7-23-57(47,48)49)17-12-29-9-6-10-30(39(29)42-38(19-22-45)56-27-46)13-18-37-41(4,5)33-26-31(59(53,54)55)14-16-35(33)44(37)21-8-24-58(50,51)52/h11-18,25-27,38,45H,6-10,19-24H2,1-5H3,(H3,47,48,49,50,51,52,53,54,55)/p+1/b29-12+,36-17-. The van der Waals surface area contributed by atoms with Gasteiger partial charge in [0.25, 0.3) is 36.8 Å². The molecule has 5 rings (SSSR count). The van der Waals surface area contributed by atoms with Crippen LogP contribution in [0.2, 0.25) is 0 Å². The molecule has 2 aromatic rings. The molecule has 0 amide bonds. The second kappa shape index (κ2) is 17.8. The Hall–Kier alpha value is -4.17. The molecule has 0 saturated heterocycles. The lowest BCUT2D eigenvalue weighted by atomic mass is 9.81. The molecule has 0 bridgehead atoms. The lowest BCUT2D eigenvalue weighted by Gasteiger charge is -2.28. The number of rotatable bonds is 18. The molecule has 1 atom stereocenters. The van der Waals surface area contributed by atoms with Gasteiger partial charge in [-0.15, -0.1) is 0 Å². The molecule has 18 heteroatoms. The lowest BCUT2D eigenvalue weighted by molar-refractivity contribution is -0.437. The van der Waals surface area contributed by atoms with Crippen molar-refractivity contribution >= 4 is 53.9 Å². The van der Waals surface area contributed by atoms with Gasteiger partial charge in [-0.3, -0.25) is 18.5 Å². The maximum atomic E-state index is 12.1. The number of nitrogens with zero attached hydrogens (tertiary/aromatic N) is 2. The average molecular weight is 877 g/mol. The van der Waals surface area contributed by atoms with Crippen molar-refractivity contribution in [1.82, 2.24) is 5.32 Å². The third kappa shape index (κ3) is 10.8. The molecule has 59 heavy (non-hydrogen) atoms. The smallest absolute Gasteiger partial charge is 0.295 e. The maximum Gasteiger partial charge on any atom is 0.295 e. The molecule has 0 spiro atoms. The average Bonchev–Trinajstić information content (AvgIpc) is 3.46. The molecule has 0 fully saturated rings. The van der Waals surface area contributed by atoms with Crippen molar-refractivity contribution in [3.8, 4) is 0 Å². The molecule has 0 aromatic heterocycles. The molecule has 2 heterocycles. The number of fused-ring (bicyclic) bond motifs is 2. The number of hydrogen-bond donors (Lipinski definition) is 5. The van der Waals surface area contributed by atoms with E-state index in [2.05, 4.69) is 30.1 Å². The fourth-order valence-corrected chi connectivity index (χ4v) is 9.71. The minimum Gasteiger partial charge on any atom is -0.444 e. The van der Waals surface area contributed by atoms with Crippen LogP contribution >= 0.6 is 0 Å². The van der Waals surface area contributed by atoms with Crippen LogP contribution in [0.15, 0.2) is 88.1 Å². The van der Waals surface area contributed by atoms with Crippen LogP contribution < -0.4 is 10.2 Å². The van der Waals surface area contributed by atoms with E-state index in [0.29, 0.717) is 48.5 Å². The third-order valence-electron chi connectivity index (χ3n) is 11.1. The number of aliphatic hydroxyl groups is 1. The molecule has 5 N–H and O–H groups in total. The molecule has 2 aromatic carbocycles. The van der Waals surface area contributed by atoms with Gasteiger partial charge in [0.2, 0.25) is 5.69 Å². The van der Waals surface area contributed by atoms with E-state index in [1.54, 1.807) is 6.07 Å². The van der Waals surface area contributed by atoms with E-state index in [-0.39, 0.29) is 37.3 Å². The van der Waals surface area contributed by atoms with Crippen LogP contribution in [0, 0.1) is 6.92 Å². The van der Waals surface area contributed by atoms with Crippen LogP contribution in [0.25, 0.3) is 0 Å². The first-order valence-electron chi connectivity index (χ1n) is 19.3. The van der Waals surface area contributed by atoms with Crippen molar-refractivity contribution in [3.05, 3.63) is 99.9 Å². The Kier molecular flexibility index (Phi) is 13.9. The van der Waals surface area contributed by atoms with Gasteiger partial charge in [0.15, 0.2) is 11.9 Å². The van der Waals surface area contributed by atoms with Gasteiger partial charge >= 0.3 is 0 Å². The van der Waals surface area contributed by atoms with Crippen molar-refractivity contribution in [1.29, 1.82) is 0 Å². The summed E-state index contributed by atoms with van der Waals surface area (Å²) in [4.78, 5) is 13.3. The Morgan fingerprint density at radius 3 is 2.22 bits per heavy atom. The Morgan fingerprint density at radius 2 is 1.58 bits per heavy atom. The largest absolute Gasteiger partial charge is 0.444 e. The summed E-state index contributed by atoms with van der Waals surface area (Å²) in [7, 11) is -13.0. The number of aryl methyl sites for hydroxylation is 1. The zero-order valence-corrected chi connectivity index (χ0v) is 36.3. The zero-order valence-electron chi connectivity index (χ0n) is 33.9. The number of anilines is 1. The van der Waals surface area contributed by atoms with Crippen LogP contribution in [0.1, 0.15) is 82.9 Å². The van der Waals surface area contributed by atoms with Gasteiger partial charge in [-0.1, -0.05) is 43.7 Å². The van der Waals surface area contributed by atoms with Crippen LogP contribution in [0.4, 0.5) is 11.4 Å². The number of nitrogens with one attached hydrogen (secondary N) is 1. The van der Waals surface area contributed by atoms with E-state index in [1.165, 1.54) is 12.1 Å². The summed E-state index contributed by atoms with van der Waals surface area (Å²) < 4.78 is 107. The highest BCUT2D eigenvalue weighted by molar-refractivity contribution is 7.86. The highest BCUT2D eigenvalue weighted by Crippen LogP contribution is 2.48. The van der Waals surface area contributed by atoms with Gasteiger partial charge in [0.1, 0.15) is 6.54 Å². The number of ether oxygens (including phenoxy) is 1. The van der Waals surface area contributed by atoms with E-state index in [0.717, 1.165) is 40.1 Å². The summed E-state index contributed by atoms with van der Waals surface area (Å²) in [6, 6.07) is 10.4. The Morgan fingerprint density at radius 1 is 0.881 bits per heavy atom. The van der Waals surface area contributed by atoms with E-state index in [9.17, 15) is 48.8 Å². The third-order valence-corrected chi connectivity index (χ3v) is 13.6. The van der Waals surface area contributed by atoms with Crippen LogP contribution in [0.5, 0.6) is 0 Å². The summed E-state index contributed by atoms with van der Waals surface area (Å²) in [6.07, 6.45) is 9.16. The summed E-state index contributed by atoms with van der Waals surface area (Å²) in [5, 5.41) is 13.2. The topological polar surface area (TPSA) is 228 Å². The molecule has 1 aliphatic carbocycles. The minimum absolute atomic E-state index is 0.0568. The molecule has 2 aliphatic heterocycles. The number of benzene rings is 2. The van der Waals surface area contributed by atoms with E-state index >= 15 is 0 Å². The van der Waals surface area contributed by atoms with Crippen molar-refractivity contribution in [2.24, 2.45) is 0 Å². The summed E-state index contributed by atoms with van der Waals surface area (Å²) in [5.74, 6) is -0.889. The molecular formula is C41H54N3O12S3+. The minimum atomic E-state index is -4.54. The van der Waals surface area contributed by atoms with Gasteiger partial charge < -0.3 is 20.1 Å². The molecule has 1 unspecified atom stereocenters. The quantitative estimate of drug-likeness (QED) is 0.0558. The molecule has 15 nitrogen and oxygen atoms in total. The number of allylic oxidation sites excluding steroid dienone is 7. The van der Waals surface area contributed by atoms with E-state index in [4.69, 9.17) is 4.74 Å². The Balaban J connectivity index is 1.64. The highest BCUT2D eigenvalue weighted by atomic mass is 32.2. The van der Waals surface area contributed by atoms with E-state index < -0.39 is 58.9 Å². The van der Waals surface area contributed by atoms with Crippen LogP contribution in [0.3, 0.4) is 0 Å². The number of aliphatic hydroxyl groups excluding tert-OH is 1. The van der Waals surface area contributed by atoms with Crippen LogP contribution in [-0.2, 0) is 50.7 Å². The normalized spacial score (nSPS) is 19.8. The molecular weight excluding hydrogens is 823 g/mol. The monoisotopic (exact) mass is 876 g/mol. The van der Waals surface area contributed by atoms with Gasteiger partial charge in [-0.25, -0.2) is 0 Å². The van der Waals surface area contributed by atoms with E-state index in [1.807, 2.05) is 61.8 Å². The maximum absolute atomic E-state index is 12.1. The summed E-state index contributed by atoms with van der Waals surface area (Å²) in [5.41, 5.74) is 6.89. The molecule has 322 valence electrons. The van der Waals surface area contributed by atoms with Crippen molar-refractivity contribution in [2.75, 3.05) is 36.1 Å². The van der Waals surface area contributed by atoms with Gasteiger partial charge in [0, 0.05) is 66.2 Å². The SMILES string of the molecule is Cc1ccc2c(c1)C(C)(C)/C(=C/C=C1\CCCC(/C=C/C3=[N+](CCCS(=O)(=O)O)c4ccc(S(=O)(=O)O)cc4C3(C)C)=C1NC(CCO)OC=O)N2CCCS(=O)(=O)O. The molecule has 3 aliphatic rings. The molecule has 0 radical (unpaired) electrons. The first kappa shape index (κ1) is 45.9. The van der Waals surface area contributed by atoms with Crippen LogP contribution in [-0.4, -0.2) is 98.2 Å². The second-order valence-corrected chi connectivity index (χ2v) is 20.7. The van der Waals surface area contributed by atoms with Crippen molar-refractivity contribution < 1.29 is 58.1 Å². The van der Waals surface area contributed by atoms with Crippen molar-refractivity contribution in [3.63, 3.8) is 0 Å². The second-order valence-electron chi connectivity index (χ2n) is 16.1. The predicted molar refractivity (Wildman–Crippen MR) is 225 cm³/mol. The predicted octanol–water partition coefficient (Wildman–Crippen LogP) is 5.25. The Labute approximate surface area is 347 Å². The number of carbonyl (C=O) groups excluding carboxylic acids is 1. The van der Waals surface area contributed by atoms with Gasteiger partial charge in [0.05, 0.1) is 21.8 Å². The fraction of sp³-hybridized carbons (Fsp3) is 0.463. The van der Waals surface area contributed by atoms with Gasteiger partial charge in [-0.05, 0) is 87.4 Å². The molecule has 0 saturated carbocycles. The first-order chi connectivity index (χ1) is 27.5. The Bertz CT molecular complexity index is 2460. The number of hydrogen-bond acceptors (Lipinski definition) is 11. The fourth-order valence-electron chi connectivity index (χ4n) is 8.22. The van der Waals surface area contributed by atoms with Crippen molar-refractivity contribution in [2.45, 2.75) is 95.1 Å². The summed E-state index contributed by atoms with van der Waals surface area (Å²) in [6.45, 7) is 10.5.